The first-order valence-corrected chi connectivity index (χ1v) is 17.5. The van der Waals surface area contributed by atoms with Gasteiger partial charge in [0.05, 0.1) is 68.8 Å². The molecule has 52 heavy (non-hydrogen) atoms. The molecule has 0 saturated carbocycles. The fourth-order valence-corrected chi connectivity index (χ4v) is 9.12. The maximum Gasteiger partial charge on any atom is 0.132 e. The highest BCUT2D eigenvalue weighted by Gasteiger charge is 2.53. The first-order chi connectivity index (χ1) is 25.8. The van der Waals surface area contributed by atoms with Crippen molar-refractivity contribution in [3.63, 3.8) is 0 Å². The van der Waals surface area contributed by atoms with Crippen LogP contribution in [0.25, 0.3) is 66.4 Å². The van der Waals surface area contributed by atoms with Crippen LogP contribution in [0.1, 0.15) is 22.3 Å². The first-order valence-electron chi connectivity index (χ1n) is 17.5. The number of para-hydroxylation sites is 5. The minimum Gasteiger partial charge on any atom is -0.457 e. The Hall–Kier alpha value is -7.05. The lowest BCUT2D eigenvalue weighted by atomic mass is 9.66. The molecule has 0 saturated heterocycles. The molecule has 5 aromatic heterocycles. The largest absolute Gasteiger partial charge is 0.457 e. The van der Waals surface area contributed by atoms with Crippen molar-refractivity contribution < 1.29 is 4.74 Å². The zero-order chi connectivity index (χ0) is 34.0. The summed E-state index contributed by atoms with van der Waals surface area (Å²) in [5, 5.41) is 4.76. The van der Waals surface area contributed by atoms with Crippen LogP contribution in [-0.4, -0.2) is 24.1 Å². The standard InChI is InChI=1S/C46H27N5O/c1-6-16-38-30(11-1)31-12-2-7-17-39(31)50(38)28-23-36-44(48-25-28)45-37(46(36)34-14-4-9-19-42(34)52-43-20-10-5-15-35(43)46)24-29(26-49-45)51-40-18-8-3-13-32(40)33-21-22-47-27-41(33)51/h1-27H. The third-order valence-electron chi connectivity index (χ3n) is 11.2. The van der Waals surface area contributed by atoms with Crippen LogP contribution in [0, 0.1) is 0 Å². The first kappa shape index (κ1) is 27.7. The number of aromatic nitrogens is 5. The Kier molecular flexibility index (Phi) is 5.34. The van der Waals surface area contributed by atoms with E-state index in [4.69, 9.17) is 14.7 Å². The number of ether oxygens (including phenoxy) is 1. The van der Waals surface area contributed by atoms with E-state index in [1.165, 1.54) is 16.2 Å². The highest BCUT2D eigenvalue weighted by Crippen LogP contribution is 2.61. The van der Waals surface area contributed by atoms with Gasteiger partial charge in [-0.2, -0.15) is 0 Å². The van der Waals surface area contributed by atoms with Gasteiger partial charge in [-0.15, -0.1) is 0 Å². The summed E-state index contributed by atoms with van der Waals surface area (Å²) in [5.41, 5.74) is 11.7. The molecule has 6 heteroatoms. The van der Waals surface area contributed by atoms with Crippen LogP contribution in [0.5, 0.6) is 11.5 Å². The molecule has 0 amide bonds. The zero-order valence-corrected chi connectivity index (χ0v) is 27.7. The molecule has 6 heterocycles. The van der Waals surface area contributed by atoms with Gasteiger partial charge in [0.15, 0.2) is 0 Å². The predicted octanol–water partition coefficient (Wildman–Crippen LogP) is 10.5. The quantitative estimate of drug-likeness (QED) is 0.184. The summed E-state index contributed by atoms with van der Waals surface area (Å²) in [6.45, 7) is 0. The zero-order valence-electron chi connectivity index (χ0n) is 27.7. The summed E-state index contributed by atoms with van der Waals surface area (Å²) in [6, 6.07) is 49.4. The number of rotatable bonds is 2. The van der Waals surface area contributed by atoms with Crippen LogP contribution < -0.4 is 4.74 Å². The predicted molar refractivity (Wildman–Crippen MR) is 206 cm³/mol. The van der Waals surface area contributed by atoms with Crippen molar-refractivity contribution in [2.45, 2.75) is 5.41 Å². The van der Waals surface area contributed by atoms with Crippen molar-refractivity contribution in [2.24, 2.45) is 0 Å². The normalized spacial score (nSPS) is 13.7. The van der Waals surface area contributed by atoms with Gasteiger partial charge in [0.2, 0.25) is 0 Å². The van der Waals surface area contributed by atoms with Gasteiger partial charge in [-0.1, -0.05) is 91.0 Å². The lowest BCUT2D eigenvalue weighted by Crippen LogP contribution is -2.32. The van der Waals surface area contributed by atoms with Gasteiger partial charge in [-0.3, -0.25) is 15.0 Å². The molecule has 12 rings (SSSR count). The van der Waals surface area contributed by atoms with E-state index in [-0.39, 0.29) is 0 Å². The summed E-state index contributed by atoms with van der Waals surface area (Å²) in [4.78, 5) is 15.2. The number of nitrogens with zero attached hydrogens (tertiary/aromatic N) is 5. The maximum atomic E-state index is 6.67. The number of fused-ring (bicyclic) bond motifs is 15. The molecule has 0 fully saturated rings. The molecule has 242 valence electrons. The molecule has 0 radical (unpaired) electrons. The SMILES string of the molecule is c1ccc2c(c1)Oc1ccccc1C21c2cc(-n3c4ccccc4c4ccccc43)cnc2-c2ncc(-n3c4ccccc4c4ccncc43)cc21. The maximum absolute atomic E-state index is 6.67. The van der Waals surface area contributed by atoms with Crippen LogP contribution in [0.2, 0.25) is 0 Å². The number of hydrogen-bond donors (Lipinski definition) is 0. The van der Waals surface area contributed by atoms with Gasteiger partial charge in [0.1, 0.15) is 11.5 Å². The summed E-state index contributed by atoms with van der Waals surface area (Å²) >= 11 is 0. The van der Waals surface area contributed by atoms with Gasteiger partial charge in [-0.05, 0) is 48.5 Å². The highest BCUT2D eigenvalue weighted by atomic mass is 16.5. The van der Waals surface area contributed by atoms with Gasteiger partial charge in [0, 0.05) is 50.0 Å². The van der Waals surface area contributed by atoms with Crippen LogP contribution in [0.15, 0.2) is 164 Å². The molecular formula is C46H27N5O. The van der Waals surface area contributed by atoms with Crippen molar-refractivity contribution in [2.75, 3.05) is 0 Å². The minimum atomic E-state index is -0.752. The molecule has 0 atom stereocenters. The monoisotopic (exact) mass is 665 g/mol. The second kappa shape index (κ2) is 10.0. The lowest BCUT2D eigenvalue weighted by molar-refractivity contribution is 0.436. The fourth-order valence-electron chi connectivity index (χ4n) is 9.12. The Morgan fingerprint density at radius 2 is 0.865 bits per heavy atom. The van der Waals surface area contributed by atoms with Crippen molar-refractivity contribution >= 4 is 43.6 Å². The van der Waals surface area contributed by atoms with Crippen LogP contribution in [-0.2, 0) is 5.41 Å². The van der Waals surface area contributed by atoms with E-state index in [2.05, 4.69) is 142 Å². The van der Waals surface area contributed by atoms with E-state index in [1.54, 1.807) is 0 Å². The van der Waals surface area contributed by atoms with Crippen molar-refractivity contribution in [3.05, 3.63) is 187 Å². The Labute approximate surface area is 297 Å². The molecule has 1 aliphatic carbocycles. The molecule has 5 aromatic carbocycles. The third-order valence-corrected chi connectivity index (χ3v) is 11.2. The number of pyridine rings is 3. The molecular weight excluding hydrogens is 639 g/mol. The Balaban J connectivity index is 1.21. The summed E-state index contributed by atoms with van der Waals surface area (Å²) in [7, 11) is 0. The molecule has 1 aliphatic heterocycles. The third kappa shape index (κ3) is 3.41. The average molecular weight is 666 g/mol. The topological polar surface area (TPSA) is 57.8 Å². The van der Waals surface area contributed by atoms with E-state index in [9.17, 15) is 0 Å². The molecule has 1 spiro atoms. The van der Waals surface area contributed by atoms with Crippen molar-refractivity contribution in [1.82, 2.24) is 24.1 Å². The minimum absolute atomic E-state index is 0.752. The second-order valence-electron chi connectivity index (χ2n) is 13.6. The van der Waals surface area contributed by atoms with E-state index in [0.717, 1.165) is 84.0 Å². The summed E-state index contributed by atoms with van der Waals surface area (Å²) in [6.07, 6.45) is 7.81. The van der Waals surface area contributed by atoms with E-state index >= 15 is 0 Å². The fraction of sp³-hybridized carbons (Fsp3) is 0.0217. The number of hydrogen-bond acceptors (Lipinski definition) is 4. The van der Waals surface area contributed by atoms with Crippen LogP contribution in [0.4, 0.5) is 0 Å². The van der Waals surface area contributed by atoms with E-state index < -0.39 is 5.41 Å². The molecule has 2 aliphatic rings. The van der Waals surface area contributed by atoms with Crippen LogP contribution >= 0.6 is 0 Å². The lowest BCUT2D eigenvalue weighted by Gasteiger charge is -2.39. The van der Waals surface area contributed by atoms with E-state index in [1.807, 2.05) is 36.9 Å². The van der Waals surface area contributed by atoms with Crippen molar-refractivity contribution in [1.29, 1.82) is 0 Å². The Morgan fingerprint density at radius 1 is 0.423 bits per heavy atom. The van der Waals surface area contributed by atoms with Gasteiger partial charge in [0.25, 0.3) is 0 Å². The van der Waals surface area contributed by atoms with Crippen LogP contribution in [0.3, 0.4) is 0 Å². The summed E-state index contributed by atoms with van der Waals surface area (Å²) in [5.74, 6) is 1.66. The van der Waals surface area contributed by atoms with Gasteiger partial charge in [-0.25, -0.2) is 0 Å². The molecule has 0 N–H and O–H groups in total. The molecule has 6 nitrogen and oxygen atoms in total. The smallest absolute Gasteiger partial charge is 0.132 e. The molecule has 10 aromatic rings. The van der Waals surface area contributed by atoms with E-state index in [0.29, 0.717) is 0 Å². The molecule has 0 unspecified atom stereocenters. The highest BCUT2D eigenvalue weighted by molar-refractivity contribution is 6.10. The molecule has 0 bridgehead atoms. The van der Waals surface area contributed by atoms with Gasteiger partial charge >= 0.3 is 0 Å². The summed E-state index contributed by atoms with van der Waals surface area (Å²) < 4.78 is 11.3. The second-order valence-corrected chi connectivity index (χ2v) is 13.6. The van der Waals surface area contributed by atoms with Crippen molar-refractivity contribution in [3.8, 4) is 34.3 Å². The van der Waals surface area contributed by atoms with Gasteiger partial charge < -0.3 is 13.9 Å². The Bertz CT molecular complexity index is 2820. The Morgan fingerprint density at radius 3 is 1.40 bits per heavy atom. The average Bonchev–Trinajstić information content (AvgIpc) is 3.82. The number of benzene rings is 5.